The highest BCUT2D eigenvalue weighted by Crippen LogP contribution is 2.05. The Labute approximate surface area is 136 Å². The first-order valence-electron chi connectivity index (χ1n) is 6.85. The first-order chi connectivity index (χ1) is 10.7. The highest BCUT2D eigenvalue weighted by molar-refractivity contribution is 5.89. The molecule has 0 aliphatic heterocycles. The van der Waals surface area contributed by atoms with Crippen molar-refractivity contribution in [2.45, 2.75) is 27.2 Å². The van der Waals surface area contributed by atoms with E-state index in [9.17, 15) is 14.4 Å². The fourth-order valence-corrected chi connectivity index (χ4v) is 0.938. The van der Waals surface area contributed by atoms with Gasteiger partial charge in [0.05, 0.1) is 6.61 Å². The second kappa shape index (κ2) is 13.1. The molecule has 23 heavy (non-hydrogen) atoms. The van der Waals surface area contributed by atoms with Crippen LogP contribution in [0.4, 0.5) is 0 Å². The molecule has 1 N–H and O–H groups in total. The normalized spacial score (nSPS) is 9.78. The summed E-state index contributed by atoms with van der Waals surface area (Å²) in [5.41, 5.74) is 0.844. The number of carboxylic acid groups (broad SMARTS) is 1. The standard InChI is InChI=1S/C11H14O4.C6H10O2/c1-4-7-15-11(14)9(3)6-5-8(2)10(12)13;1-4-8-6(7)5(2)3/h4-5H,1,3,6-7H2,2H3,(H,12,13);2,4H2,1,3H3. The highest BCUT2D eigenvalue weighted by Gasteiger charge is 2.07. The smallest absolute Gasteiger partial charge is 0.334 e. The van der Waals surface area contributed by atoms with E-state index in [1.54, 1.807) is 13.8 Å². The van der Waals surface area contributed by atoms with Gasteiger partial charge < -0.3 is 14.6 Å². The second-order valence-corrected chi connectivity index (χ2v) is 4.39. The van der Waals surface area contributed by atoms with Gasteiger partial charge in [0.2, 0.25) is 0 Å². The molecule has 0 saturated heterocycles. The molecule has 0 aromatic carbocycles. The van der Waals surface area contributed by atoms with Gasteiger partial charge in [-0.05, 0) is 27.2 Å². The van der Waals surface area contributed by atoms with E-state index in [2.05, 4.69) is 24.5 Å². The molecule has 0 amide bonds. The maximum absolute atomic E-state index is 11.1. The molecule has 0 aliphatic carbocycles. The van der Waals surface area contributed by atoms with Crippen molar-refractivity contribution < 1.29 is 29.0 Å². The largest absolute Gasteiger partial charge is 0.478 e. The van der Waals surface area contributed by atoms with Crippen LogP contribution in [-0.4, -0.2) is 36.2 Å². The number of carbonyl (C=O) groups excluding carboxylic acids is 2. The van der Waals surface area contributed by atoms with Gasteiger partial charge in [-0.1, -0.05) is 31.9 Å². The molecule has 0 radical (unpaired) electrons. The van der Waals surface area contributed by atoms with Gasteiger partial charge in [-0.25, -0.2) is 14.4 Å². The summed E-state index contributed by atoms with van der Waals surface area (Å²) in [6, 6.07) is 0. The van der Waals surface area contributed by atoms with Gasteiger partial charge in [0.15, 0.2) is 0 Å². The molecule has 0 bridgehead atoms. The molecule has 0 unspecified atom stereocenters. The number of allylic oxidation sites excluding steroid dienone is 1. The third-order valence-corrected chi connectivity index (χ3v) is 2.24. The van der Waals surface area contributed by atoms with Gasteiger partial charge >= 0.3 is 17.9 Å². The van der Waals surface area contributed by atoms with E-state index in [1.807, 2.05) is 0 Å². The van der Waals surface area contributed by atoms with Crippen LogP contribution >= 0.6 is 0 Å². The minimum atomic E-state index is -1.01. The van der Waals surface area contributed by atoms with E-state index in [0.717, 1.165) is 0 Å². The van der Waals surface area contributed by atoms with E-state index in [-0.39, 0.29) is 30.1 Å². The lowest BCUT2D eigenvalue weighted by atomic mass is 10.1. The molecule has 0 atom stereocenters. The number of hydrogen-bond donors (Lipinski definition) is 1. The van der Waals surface area contributed by atoms with Gasteiger partial charge in [-0.15, -0.1) is 0 Å². The highest BCUT2D eigenvalue weighted by atomic mass is 16.5. The monoisotopic (exact) mass is 324 g/mol. The number of hydrogen-bond acceptors (Lipinski definition) is 5. The van der Waals surface area contributed by atoms with Crippen molar-refractivity contribution in [3.05, 3.63) is 48.6 Å². The average Bonchev–Trinajstić information content (AvgIpc) is 2.50. The van der Waals surface area contributed by atoms with E-state index < -0.39 is 11.9 Å². The average molecular weight is 324 g/mol. The molecule has 0 spiro atoms. The van der Waals surface area contributed by atoms with Crippen molar-refractivity contribution in [2.75, 3.05) is 13.2 Å². The molecule has 0 aromatic heterocycles. The van der Waals surface area contributed by atoms with Crippen LogP contribution in [0.15, 0.2) is 48.6 Å². The number of esters is 2. The predicted octanol–water partition coefficient (Wildman–Crippen LogP) is 2.82. The third-order valence-electron chi connectivity index (χ3n) is 2.24. The number of carbonyl (C=O) groups is 3. The summed E-state index contributed by atoms with van der Waals surface area (Å²) in [6.07, 6.45) is 3.04. The number of aliphatic carboxylic acids is 1. The first kappa shape index (κ1) is 22.6. The number of carboxylic acids is 1. The maximum atomic E-state index is 11.1. The fraction of sp³-hybridized carbons (Fsp3) is 0.353. The van der Waals surface area contributed by atoms with Crippen molar-refractivity contribution >= 4 is 17.9 Å². The van der Waals surface area contributed by atoms with Crippen LogP contribution in [0.3, 0.4) is 0 Å². The molecule has 128 valence electrons. The zero-order valence-electron chi connectivity index (χ0n) is 13.9. The first-order valence-corrected chi connectivity index (χ1v) is 6.85. The fourth-order valence-electron chi connectivity index (χ4n) is 0.938. The minimum Gasteiger partial charge on any atom is -0.478 e. The molecule has 0 rings (SSSR count). The van der Waals surface area contributed by atoms with Gasteiger partial charge in [0, 0.05) is 16.7 Å². The minimum absolute atomic E-state index is 0.124. The Morgan fingerprint density at radius 1 is 1.09 bits per heavy atom. The lowest BCUT2D eigenvalue weighted by molar-refractivity contribution is -0.139. The summed E-state index contributed by atoms with van der Waals surface area (Å²) in [7, 11) is 0. The maximum Gasteiger partial charge on any atom is 0.334 e. The molecular weight excluding hydrogens is 300 g/mol. The summed E-state index contributed by atoms with van der Waals surface area (Å²) in [6.45, 7) is 15.7. The lowest BCUT2D eigenvalue weighted by Gasteiger charge is -2.02. The SMILES string of the molecule is C=C(C)C(=O)OCC.C=CCOC(=O)C(=C)CC=C(C)C(=O)O. The molecule has 6 nitrogen and oxygen atoms in total. The van der Waals surface area contributed by atoms with Gasteiger partial charge in [0.1, 0.15) is 6.61 Å². The molecule has 0 aromatic rings. The van der Waals surface area contributed by atoms with E-state index >= 15 is 0 Å². The second-order valence-electron chi connectivity index (χ2n) is 4.39. The van der Waals surface area contributed by atoms with Crippen molar-refractivity contribution in [2.24, 2.45) is 0 Å². The molecule has 0 saturated carbocycles. The van der Waals surface area contributed by atoms with Crippen LogP contribution < -0.4 is 0 Å². The van der Waals surface area contributed by atoms with Crippen molar-refractivity contribution in [1.29, 1.82) is 0 Å². The molecule has 0 heterocycles. The Hall–Kier alpha value is -2.63. The van der Waals surface area contributed by atoms with Gasteiger partial charge in [-0.3, -0.25) is 0 Å². The lowest BCUT2D eigenvalue weighted by Crippen LogP contribution is -2.07. The topological polar surface area (TPSA) is 89.9 Å². The van der Waals surface area contributed by atoms with E-state index in [4.69, 9.17) is 9.84 Å². The summed E-state index contributed by atoms with van der Waals surface area (Å²) >= 11 is 0. The Kier molecular flexibility index (Phi) is 12.9. The number of ether oxygens (including phenoxy) is 2. The Morgan fingerprint density at radius 2 is 1.65 bits per heavy atom. The quantitative estimate of drug-likeness (QED) is 0.419. The summed E-state index contributed by atoms with van der Waals surface area (Å²) in [5.74, 6) is -1.86. The van der Waals surface area contributed by atoms with Gasteiger partial charge in [0.25, 0.3) is 0 Å². The zero-order valence-corrected chi connectivity index (χ0v) is 13.9. The van der Waals surface area contributed by atoms with E-state index in [0.29, 0.717) is 12.2 Å². The molecule has 0 aliphatic rings. The molecular formula is C17H24O6. The Bertz CT molecular complexity index is 499. The van der Waals surface area contributed by atoms with Crippen LogP contribution in [-0.2, 0) is 23.9 Å². The molecule has 0 fully saturated rings. The van der Waals surface area contributed by atoms with Crippen LogP contribution in [0.2, 0.25) is 0 Å². The van der Waals surface area contributed by atoms with Crippen LogP contribution in [0.1, 0.15) is 27.2 Å². The van der Waals surface area contributed by atoms with Gasteiger partial charge in [-0.2, -0.15) is 0 Å². The van der Waals surface area contributed by atoms with Crippen molar-refractivity contribution in [3.63, 3.8) is 0 Å². The summed E-state index contributed by atoms with van der Waals surface area (Å²) < 4.78 is 9.28. The van der Waals surface area contributed by atoms with Crippen LogP contribution in [0, 0.1) is 0 Å². The predicted molar refractivity (Wildman–Crippen MR) is 87.8 cm³/mol. The van der Waals surface area contributed by atoms with Crippen LogP contribution in [0.25, 0.3) is 0 Å². The Balaban J connectivity index is 0. The summed E-state index contributed by atoms with van der Waals surface area (Å²) in [4.78, 5) is 32.0. The number of rotatable bonds is 8. The van der Waals surface area contributed by atoms with Crippen molar-refractivity contribution in [3.8, 4) is 0 Å². The van der Waals surface area contributed by atoms with Crippen molar-refractivity contribution in [1.82, 2.24) is 0 Å². The Morgan fingerprint density at radius 3 is 2.00 bits per heavy atom. The zero-order chi connectivity index (χ0) is 18.4. The summed E-state index contributed by atoms with van der Waals surface area (Å²) in [5, 5.41) is 8.55. The van der Waals surface area contributed by atoms with Crippen LogP contribution in [0.5, 0.6) is 0 Å². The molecule has 6 heteroatoms. The van der Waals surface area contributed by atoms with E-state index in [1.165, 1.54) is 19.1 Å². The third kappa shape index (κ3) is 12.8.